The molecule has 0 heterocycles. The van der Waals surface area contributed by atoms with Crippen molar-refractivity contribution in [1.29, 1.82) is 0 Å². The number of anilines is 2. The van der Waals surface area contributed by atoms with Crippen LogP contribution in [0.4, 0.5) is 20.2 Å². The first-order chi connectivity index (χ1) is 11.8. The van der Waals surface area contributed by atoms with Gasteiger partial charge in [-0.3, -0.25) is 9.59 Å². The van der Waals surface area contributed by atoms with Crippen LogP contribution in [0.5, 0.6) is 0 Å². The van der Waals surface area contributed by atoms with Gasteiger partial charge >= 0.3 is 0 Å². The Morgan fingerprint density at radius 3 is 2.08 bits per heavy atom. The summed E-state index contributed by atoms with van der Waals surface area (Å²) in [6, 6.07) is 8.74. The molecule has 1 fully saturated rings. The number of nitrogens with one attached hydrogen (secondary N) is 2. The summed E-state index contributed by atoms with van der Waals surface area (Å²) in [5.74, 6) is -2.94. The lowest BCUT2D eigenvalue weighted by atomic mass is 10.0. The number of carbonyl (C=O) groups excluding carboxylic acids is 2. The summed E-state index contributed by atoms with van der Waals surface area (Å²) in [4.78, 5) is 25.2. The normalized spacial score (nSPS) is 14.7. The smallest absolute Gasteiger partial charge is 0.240 e. The van der Waals surface area contributed by atoms with E-state index in [1.54, 1.807) is 0 Å². The average Bonchev–Trinajstić information content (AvgIpc) is 3.36. The van der Waals surface area contributed by atoms with Gasteiger partial charge in [0.2, 0.25) is 11.8 Å². The molecule has 3 rings (SSSR count). The van der Waals surface area contributed by atoms with Crippen LogP contribution in [0.25, 0.3) is 0 Å². The third-order valence-electron chi connectivity index (χ3n) is 4.52. The summed E-state index contributed by atoms with van der Waals surface area (Å²) < 4.78 is 26.2. The van der Waals surface area contributed by atoms with Crippen LogP contribution >= 0.6 is 0 Å². The molecule has 25 heavy (non-hydrogen) atoms. The molecule has 0 spiro atoms. The fourth-order valence-corrected chi connectivity index (χ4v) is 2.75. The molecular formula is C19H18F2N2O2. The van der Waals surface area contributed by atoms with Crippen molar-refractivity contribution < 1.29 is 18.4 Å². The topological polar surface area (TPSA) is 58.2 Å². The highest BCUT2D eigenvalue weighted by molar-refractivity contribution is 6.17. The number of hydrogen-bond donors (Lipinski definition) is 2. The lowest BCUT2D eigenvalue weighted by Crippen LogP contribution is -2.36. The zero-order valence-corrected chi connectivity index (χ0v) is 14.0. The van der Waals surface area contributed by atoms with E-state index < -0.39 is 23.0 Å². The minimum atomic E-state index is -1.17. The summed E-state index contributed by atoms with van der Waals surface area (Å²) in [5, 5.41) is 5.34. The van der Waals surface area contributed by atoms with Gasteiger partial charge in [-0.25, -0.2) is 8.78 Å². The maximum atomic E-state index is 13.3. The largest absolute Gasteiger partial charge is 0.325 e. The van der Waals surface area contributed by atoms with Gasteiger partial charge in [-0.1, -0.05) is 18.2 Å². The predicted molar refractivity (Wildman–Crippen MR) is 91.2 cm³/mol. The molecule has 1 aliphatic rings. The SMILES string of the molecule is Cc1cccc(C)c1NC(=O)C1(C(=O)Nc2ccc(F)c(F)c2)CC1. The molecule has 0 saturated heterocycles. The van der Waals surface area contributed by atoms with E-state index in [9.17, 15) is 18.4 Å². The van der Waals surface area contributed by atoms with Crippen molar-refractivity contribution in [2.75, 3.05) is 10.6 Å². The average molecular weight is 344 g/mol. The fraction of sp³-hybridized carbons (Fsp3) is 0.263. The summed E-state index contributed by atoms with van der Waals surface area (Å²) in [5.41, 5.74) is 1.46. The highest BCUT2D eigenvalue weighted by Gasteiger charge is 2.56. The van der Waals surface area contributed by atoms with E-state index in [1.165, 1.54) is 6.07 Å². The summed E-state index contributed by atoms with van der Waals surface area (Å²) >= 11 is 0. The third-order valence-corrected chi connectivity index (χ3v) is 4.52. The molecule has 0 atom stereocenters. The zero-order valence-electron chi connectivity index (χ0n) is 14.0. The number of hydrogen-bond acceptors (Lipinski definition) is 2. The molecule has 0 aromatic heterocycles. The Kier molecular flexibility index (Phi) is 4.29. The van der Waals surface area contributed by atoms with E-state index in [0.29, 0.717) is 18.5 Å². The Morgan fingerprint density at radius 2 is 1.52 bits per heavy atom. The second-order valence-corrected chi connectivity index (χ2v) is 6.39. The van der Waals surface area contributed by atoms with Gasteiger partial charge in [0, 0.05) is 17.4 Å². The van der Waals surface area contributed by atoms with Crippen LogP contribution in [0.15, 0.2) is 36.4 Å². The van der Waals surface area contributed by atoms with Crippen LogP contribution in [0.1, 0.15) is 24.0 Å². The lowest BCUT2D eigenvalue weighted by Gasteiger charge is -2.18. The minimum absolute atomic E-state index is 0.120. The van der Waals surface area contributed by atoms with E-state index in [-0.39, 0.29) is 11.6 Å². The Balaban J connectivity index is 1.76. The first-order valence-corrected chi connectivity index (χ1v) is 7.98. The van der Waals surface area contributed by atoms with Gasteiger partial charge in [0.05, 0.1) is 0 Å². The highest BCUT2D eigenvalue weighted by Crippen LogP contribution is 2.47. The minimum Gasteiger partial charge on any atom is -0.325 e. The molecular weight excluding hydrogens is 326 g/mol. The Bertz CT molecular complexity index is 840. The molecule has 130 valence electrons. The summed E-state index contributed by atoms with van der Waals surface area (Å²) in [6.07, 6.45) is 0.832. The van der Waals surface area contributed by atoms with Crippen molar-refractivity contribution in [3.8, 4) is 0 Å². The van der Waals surface area contributed by atoms with Gasteiger partial charge in [0.15, 0.2) is 11.6 Å². The predicted octanol–water partition coefficient (Wildman–Crippen LogP) is 3.94. The second-order valence-electron chi connectivity index (χ2n) is 6.39. The molecule has 2 amide bonds. The Labute approximate surface area is 144 Å². The Morgan fingerprint density at radius 1 is 0.920 bits per heavy atom. The number of aryl methyl sites for hydroxylation is 2. The van der Waals surface area contributed by atoms with Crippen LogP contribution in [-0.4, -0.2) is 11.8 Å². The maximum absolute atomic E-state index is 13.3. The number of halogens is 2. The first kappa shape index (κ1) is 17.1. The van der Waals surface area contributed by atoms with Gasteiger partial charge in [-0.15, -0.1) is 0 Å². The van der Waals surface area contributed by atoms with Crippen molar-refractivity contribution in [2.24, 2.45) is 5.41 Å². The number of benzene rings is 2. The number of rotatable bonds is 4. The van der Waals surface area contributed by atoms with Gasteiger partial charge in [0.1, 0.15) is 5.41 Å². The molecule has 0 unspecified atom stereocenters. The van der Waals surface area contributed by atoms with Gasteiger partial charge in [-0.05, 0) is 49.9 Å². The maximum Gasteiger partial charge on any atom is 0.240 e. The van der Waals surface area contributed by atoms with Crippen molar-refractivity contribution >= 4 is 23.2 Å². The van der Waals surface area contributed by atoms with E-state index in [0.717, 1.165) is 23.3 Å². The Hall–Kier alpha value is -2.76. The van der Waals surface area contributed by atoms with E-state index in [1.807, 2.05) is 32.0 Å². The third kappa shape index (κ3) is 3.24. The molecule has 0 bridgehead atoms. The van der Waals surface area contributed by atoms with Crippen LogP contribution in [0, 0.1) is 30.9 Å². The molecule has 4 nitrogen and oxygen atoms in total. The highest BCUT2D eigenvalue weighted by atomic mass is 19.2. The molecule has 6 heteroatoms. The van der Waals surface area contributed by atoms with Crippen molar-refractivity contribution in [2.45, 2.75) is 26.7 Å². The number of amides is 2. The fourth-order valence-electron chi connectivity index (χ4n) is 2.75. The van der Waals surface area contributed by atoms with E-state index in [4.69, 9.17) is 0 Å². The van der Waals surface area contributed by atoms with Gasteiger partial charge < -0.3 is 10.6 Å². The summed E-state index contributed by atoms with van der Waals surface area (Å²) in [6.45, 7) is 3.76. The van der Waals surface area contributed by atoms with Crippen molar-refractivity contribution in [3.63, 3.8) is 0 Å². The van der Waals surface area contributed by atoms with Crippen molar-refractivity contribution in [1.82, 2.24) is 0 Å². The standard InChI is InChI=1S/C19H18F2N2O2/c1-11-4-3-5-12(2)16(11)23-18(25)19(8-9-19)17(24)22-13-6-7-14(20)15(21)10-13/h3-7,10H,8-9H2,1-2H3,(H,22,24)(H,23,25). The second kappa shape index (κ2) is 6.27. The van der Waals surface area contributed by atoms with Crippen LogP contribution in [0.2, 0.25) is 0 Å². The molecule has 1 saturated carbocycles. The van der Waals surface area contributed by atoms with Gasteiger partial charge in [-0.2, -0.15) is 0 Å². The quantitative estimate of drug-likeness (QED) is 0.826. The van der Waals surface area contributed by atoms with Gasteiger partial charge in [0.25, 0.3) is 0 Å². The molecule has 2 aromatic carbocycles. The number of para-hydroxylation sites is 1. The molecule has 1 aliphatic carbocycles. The van der Waals surface area contributed by atoms with E-state index >= 15 is 0 Å². The molecule has 0 radical (unpaired) electrons. The van der Waals surface area contributed by atoms with Crippen LogP contribution < -0.4 is 10.6 Å². The van der Waals surface area contributed by atoms with Crippen molar-refractivity contribution in [3.05, 3.63) is 59.2 Å². The summed E-state index contributed by atoms with van der Waals surface area (Å²) in [7, 11) is 0. The van der Waals surface area contributed by atoms with Crippen LogP contribution in [0.3, 0.4) is 0 Å². The zero-order chi connectivity index (χ0) is 18.2. The van der Waals surface area contributed by atoms with Crippen LogP contribution in [-0.2, 0) is 9.59 Å². The molecule has 2 aromatic rings. The molecule has 0 aliphatic heterocycles. The number of carbonyl (C=O) groups is 2. The monoisotopic (exact) mass is 344 g/mol. The molecule has 2 N–H and O–H groups in total. The first-order valence-electron chi connectivity index (χ1n) is 7.98. The lowest BCUT2D eigenvalue weighted by molar-refractivity contribution is -0.131. The van der Waals surface area contributed by atoms with E-state index in [2.05, 4.69) is 10.6 Å².